The lowest BCUT2D eigenvalue weighted by atomic mass is 10.1. The van der Waals surface area contributed by atoms with Crippen molar-refractivity contribution < 1.29 is 9.53 Å². The Morgan fingerprint density at radius 2 is 2.41 bits per heavy atom. The molecule has 2 rings (SSSR count). The molecule has 0 aliphatic carbocycles. The number of aromatic nitrogens is 2. The van der Waals surface area contributed by atoms with E-state index < -0.39 is 0 Å². The van der Waals surface area contributed by atoms with E-state index in [0.29, 0.717) is 12.6 Å². The maximum atomic E-state index is 12.0. The summed E-state index contributed by atoms with van der Waals surface area (Å²) in [6, 6.07) is 0.00898. The van der Waals surface area contributed by atoms with Gasteiger partial charge in [0.1, 0.15) is 5.82 Å². The van der Waals surface area contributed by atoms with E-state index in [9.17, 15) is 4.79 Å². The van der Waals surface area contributed by atoms with Crippen molar-refractivity contribution in [2.45, 2.75) is 51.7 Å². The summed E-state index contributed by atoms with van der Waals surface area (Å²) in [6.07, 6.45) is 9.49. The van der Waals surface area contributed by atoms with Crippen molar-refractivity contribution in [3.05, 3.63) is 18.2 Å². The number of nitrogens with one attached hydrogen (secondary N) is 1. The van der Waals surface area contributed by atoms with Gasteiger partial charge in [-0.3, -0.25) is 0 Å². The van der Waals surface area contributed by atoms with Gasteiger partial charge in [-0.1, -0.05) is 0 Å². The lowest BCUT2D eigenvalue weighted by Gasteiger charge is -2.19. The van der Waals surface area contributed by atoms with Crippen molar-refractivity contribution in [3.8, 4) is 0 Å². The highest BCUT2D eigenvalue weighted by Crippen LogP contribution is 2.16. The molecule has 1 N–H and O–H groups in total. The van der Waals surface area contributed by atoms with Gasteiger partial charge in [0.05, 0.1) is 6.10 Å². The van der Waals surface area contributed by atoms with Crippen LogP contribution in [0, 0.1) is 6.92 Å². The maximum absolute atomic E-state index is 12.0. The number of amides is 2. The molecular formula is C16H28N4O2. The van der Waals surface area contributed by atoms with Crippen molar-refractivity contribution >= 4 is 6.03 Å². The first-order valence-corrected chi connectivity index (χ1v) is 8.25. The van der Waals surface area contributed by atoms with Gasteiger partial charge < -0.3 is 19.5 Å². The molecule has 1 aliphatic rings. The fourth-order valence-corrected chi connectivity index (χ4v) is 2.75. The van der Waals surface area contributed by atoms with E-state index in [1.807, 2.05) is 20.2 Å². The topological polar surface area (TPSA) is 59.4 Å². The summed E-state index contributed by atoms with van der Waals surface area (Å²) < 4.78 is 7.69. The van der Waals surface area contributed by atoms with Crippen LogP contribution in [0.5, 0.6) is 0 Å². The summed E-state index contributed by atoms with van der Waals surface area (Å²) in [7, 11) is 1.85. The molecule has 0 aromatic carbocycles. The van der Waals surface area contributed by atoms with E-state index in [4.69, 9.17) is 4.74 Å². The molecule has 2 heterocycles. The standard InChI is InChI=1S/C16H28N4O2/c1-14-17-9-12-20(14)11-5-8-18-16(21)19(2)10-3-6-15-7-4-13-22-15/h9,12,15H,3-8,10-11,13H2,1-2H3,(H,18,21)/t15-/m0/s1. The van der Waals surface area contributed by atoms with Gasteiger partial charge in [0.2, 0.25) is 0 Å². The second kappa shape index (κ2) is 8.78. The van der Waals surface area contributed by atoms with E-state index in [1.165, 1.54) is 12.8 Å². The van der Waals surface area contributed by atoms with Gasteiger partial charge in [0, 0.05) is 45.7 Å². The van der Waals surface area contributed by atoms with Crippen molar-refractivity contribution in [1.82, 2.24) is 19.8 Å². The van der Waals surface area contributed by atoms with Crippen LogP contribution in [0.25, 0.3) is 0 Å². The van der Waals surface area contributed by atoms with Gasteiger partial charge >= 0.3 is 6.03 Å². The van der Waals surface area contributed by atoms with Crippen LogP contribution >= 0.6 is 0 Å². The fourth-order valence-electron chi connectivity index (χ4n) is 2.75. The van der Waals surface area contributed by atoms with Crippen LogP contribution in [0.4, 0.5) is 4.79 Å². The van der Waals surface area contributed by atoms with Crippen LogP contribution in [-0.2, 0) is 11.3 Å². The van der Waals surface area contributed by atoms with Crippen LogP contribution in [0.1, 0.15) is 37.9 Å². The number of hydrogen-bond acceptors (Lipinski definition) is 3. The summed E-state index contributed by atoms with van der Waals surface area (Å²) in [5.41, 5.74) is 0. The quantitative estimate of drug-likeness (QED) is 0.749. The van der Waals surface area contributed by atoms with Gasteiger partial charge in [0.25, 0.3) is 0 Å². The van der Waals surface area contributed by atoms with Gasteiger partial charge in [-0.15, -0.1) is 0 Å². The van der Waals surface area contributed by atoms with Gasteiger partial charge in [-0.05, 0) is 39.0 Å². The van der Waals surface area contributed by atoms with Crippen molar-refractivity contribution in [1.29, 1.82) is 0 Å². The van der Waals surface area contributed by atoms with Gasteiger partial charge in [0.15, 0.2) is 0 Å². The highest BCUT2D eigenvalue weighted by atomic mass is 16.5. The minimum atomic E-state index is 0.00898. The number of aryl methyl sites for hydroxylation is 2. The molecule has 1 atom stereocenters. The van der Waals surface area contributed by atoms with E-state index in [2.05, 4.69) is 14.9 Å². The molecule has 1 aliphatic heterocycles. The average Bonchev–Trinajstić information content (AvgIpc) is 3.15. The number of ether oxygens (including phenoxy) is 1. The SMILES string of the molecule is Cc1nccn1CCCNC(=O)N(C)CCC[C@H]1CCCO1. The summed E-state index contributed by atoms with van der Waals surface area (Å²) in [4.78, 5) is 17.9. The molecule has 0 radical (unpaired) electrons. The Kier molecular flexibility index (Phi) is 6.71. The van der Waals surface area contributed by atoms with E-state index in [1.54, 1.807) is 11.1 Å². The lowest BCUT2D eigenvalue weighted by Crippen LogP contribution is -2.38. The third-order valence-corrected chi connectivity index (χ3v) is 4.17. The predicted molar refractivity (Wildman–Crippen MR) is 85.8 cm³/mol. The molecule has 1 saturated heterocycles. The first-order chi connectivity index (χ1) is 10.7. The Labute approximate surface area is 132 Å². The summed E-state index contributed by atoms with van der Waals surface area (Å²) >= 11 is 0. The second-order valence-corrected chi connectivity index (χ2v) is 5.95. The Morgan fingerprint density at radius 1 is 1.55 bits per heavy atom. The highest BCUT2D eigenvalue weighted by Gasteiger charge is 2.15. The molecule has 1 aromatic heterocycles. The maximum Gasteiger partial charge on any atom is 0.317 e. The van der Waals surface area contributed by atoms with Crippen LogP contribution in [0.3, 0.4) is 0 Å². The van der Waals surface area contributed by atoms with Crippen molar-refractivity contribution in [2.24, 2.45) is 0 Å². The number of carbonyl (C=O) groups is 1. The lowest BCUT2D eigenvalue weighted by molar-refractivity contribution is 0.100. The molecule has 0 bridgehead atoms. The smallest absolute Gasteiger partial charge is 0.317 e. The van der Waals surface area contributed by atoms with Crippen molar-refractivity contribution in [2.75, 3.05) is 26.7 Å². The van der Waals surface area contributed by atoms with E-state index >= 15 is 0 Å². The number of hydrogen-bond donors (Lipinski definition) is 1. The average molecular weight is 308 g/mol. The van der Waals surface area contributed by atoms with E-state index in [-0.39, 0.29) is 6.03 Å². The minimum Gasteiger partial charge on any atom is -0.378 e. The van der Waals surface area contributed by atoms with Crippen LogP contribution < -0.4 is 5.32 Å². The number of carbonyl (C=O) groups excluding carboxylic acids is 1. The Balaban J connectivity index is 1.53. The van der Waals surface area contributed by atoms with Gasteiger partial charge in [-0.25, -0.2) is 9.78 Å². The molecule has 1 aromatic rings. The minimum absolute atomic E-state index is 0.00898. The predicted octanol–water partition coefficient (Wildman–Crippen LogP) is 2.18. The Bertz CT molecular complexity index is 455. The van der Waals surface area contributed by atoms with Crippen LogP contribution in [-0.4, -0.2) is 53.3 Å². The molecule has 1 fully saturated rings. The molecule has 6 heteroatoms. The third kappa shape index (κ3) is 5.33. The Morgan fingerprint density at radius 3 is 3.09 bits per heavy atom. The van der Waals surface area contributed by atoms with Gasteiger partial charge in [-0.2, -0.15) is 0 Å². The van der Waals surface area contributed by atoms with Crippen LogP contribution in [0.15, 0.2) is 12.4 Å². The van der Waals surface area contributed by atoms with Crippen LogP contribution in [0.2, 0.25) is 0 Å². The zero-order chi connectivity index (χ0) is 15.8. The molecule has 124 valence electrons. The molecule has 0 unspecified atom stereocenters. The molecule has 0 spiro atoms. The fraction of sp³-hybridized carbons (Fsp3) is 0.750. The monoisotopic (exact) mass is 308 g/mol. The summed E-state index contributed by atoms with van der Waals surface area (Å²) in [5.74, 6) is 1.01. The number of urea groups is 1. The van der Waals surface area contributed by atoms with E-state index in [0.717, 1.165) is 44.8 Å². The normalized spacial score (nSPS) is 17.6. The van der Waals surface area contributed by atoms with Crippen molar-refractivity contribution in [3.63, 3.8) is 0 Å². The zero-order valence-electron chi connectivity index (χ0n) is 13.8. The molecule has 0 saturated carbocycles. The summed E-state index contributed by atoms with van der Waals surface area (Å²) in [5, 5.41) is 2.96. The number of nitrogens with zero attached hydrogens (tertiary/aromatic N) is 3. The number of rotatable bonds is 8. The molecule has 6 nitrogen and oxygen atoms in total. The first kappa shape index (κ1) is 16.8. The molecular weight excluding hydrogens is 280 g/mol. The summed E-state index contributed by atoms with van der Waals surface area (Å²) in [6.45, 7) is 5.24. The first-order valence-electron chi connectivity index (χ1n) is 8.25. The molecule has 2 amide bonds. The number of imidazole rings is 1. The zero-order valence-corrected chi connectivity index (χ0v) is 13.8. The Hall–Kier alpha value is -1.56. The largest absolute Gasteiger partial charge is 0.378 e. The second-order valence-electron chi connectivity index (χ2n) is 5.95. The highest BCUT2D eigenvalue weighted by molar-refractivity contribution is 5.73. The molecule has 22 heavy (non-hydrogen) atoms. The third-order valence-electron chi connectivity index (χ3n) is 4.17.